The van der Waals surface area contributed by atoms with Crippen LogP contribution in [0.5, 0.6) is 0 Å². The van der Waals surface area contributed by atoms with Crippen LogP contribution in [-0.2, 0) is 9.59 Å². The van der Waals surface area contributed by atoms with Gasteiger partial charge in [0.1, 0.15) is 6.04 Å². The van der Waals surface area contributed by atoms with Crippen molar-refractivity contribution in [1.29, 1.82) is 0 Å². The van der Waals surface area contributed by atoms with E-state index < -0.39 is 17.9 Å². The zero-order valence-electron chi connectivity index (χ0n) is 12.5. The van der Waals surface area contributed by atoms with Gasteiger partial charge < -0.3 is 15.7 Å². The third-order valence-corrected chi connectivity index (χ3v) is 4.57. The fourth-order valence-electron chi connectivity index (χ4n) is 2.09. The van der Waals surface area contributed by atoms with Gasteiger partial charge in [0.05, 0.1) is 10.9 Å². The number of anilines is 1. The average Bonchev–Trinajstić information content (AvgIpc) is 2.44. The van der Waals surface area contributed by atoms with Crippen LogP contribution < -0.4 is 10.6 Å². The molecule has 2 atom stereocenters. The number of fused-ring (bicyclic) bond motifs is 1. The van der Waals surface area contributed by atoms with E-state index in [-0.39, 0.29) is 17.1 Å². The molecule has 0 aliphatic carbocycles. The number of carboxylic acid groups (broad SMARTS) is 1. The lowest BCUT2D eigenvalue weighted by molar-refractivity contribution is -0.140. The number of hydrogen-bond donors (Lipinski definition) is 3. The molecule has 2 rings (SSSR count). The minimum absolute atomic E-state index is 0.111. The first-order chi connectivity index (χ1) is 10.3. The number of nitrogens with one attached hydrogen (secondary N) is 2. The Morgan fingerprint density at radius 2 is 2.05 bits per heavy atom. The molecule has 0 fully saturated rings. The molecule has 1 aliphatic heterocycles. The topological polar surface area (TPSA) is 95.5 Å². The molecule has 7 heteroatoms. The summed E-state index contributed by atoms with van der Waals surface area (Å²) in [5.41, 5.74) is 0.901. The maximum atomic E-state index is 12.2. The largest absolute Gasteiger partial charge is 0.480 e. The number of carbonyl (C=O) groups excluding carboxylic acids is 2. The number of aliphatic carboxylic acids is 1. The Hall–Kier alpha value is -2.02. The minimum Gasteiger partial charge on any atom is -0.480 e. The number of hydrogen-bond acceptors (Lipinski definition) is 4. The van der Waals surface area contributed by atoms with Gasteiger partial charge in [-0.2, -0.15) is 0 Å². The summed E-state index contributed by atoms with van der Waals surface area (Å²) in [5, 5.41) is 14.2. The number of amides is 2. The lowest BCUT2D eigenvalue weighted by Crippen LogP contribution is -2.44. The summed E-state index contributed by atoms with van der Waals surface area (Å²) in [6, 6.07) is 4.01. The van der Waals surface area contributed by atoms with Gasteiger partial charge in [-0.25, -0.2) is 4.79 Å². The number of carboxylic acids is 1. The predicted molar refractivity (Wildman–Crippen MR) is 84.1 cm³/mol. The maximum absolute atomic E-state index is 12.2. The van der Waals surface area contributed by atoms with Crippen LogP contribution in [0.4, 0.5) is 5.69 Å². The molecule has 1 aromatic rings. The van der Waals surface area contributed by atoms with E-state index in [1.165, 1.54) is 11.8 Å². The summed E-state index contributed by atoms with van der Waals surface area (Å²) in [4.78, 5) is 35.9. The van der Waals surface area contributed by atoms with Gasteiger partial charge in [-0.3, -0.25) is 9.59 Å². The molecule has 22 heavy (non-hydrogen) atoms. The first-order valence-electron chi connectivity index (χ1n) is 6.95. The number of rotatable bonds is 4. The summed E-state index contributed by atoms with van der Waals surface area (Å²) in [6.45, 7) is 5.26. The van der Waals surface area contributed by atoms with Crippen molar-refractivity contribution in [3.8, 4) is 0 Å². The third-order valence-electron chi connectivity index (χ3n) is 3.39. The minimum atomic E-state index is -1.07. The molecule has 0 aromatic heterocycles. The first kappa shape index (κ1) is 16.4. The van der Waals surface area contributed by atoms with Gasteiger partial charge in [-0.1, -0.05) is 13.8 Å². The van der Waals surface area contributed by atoms with Crippen molar-refractivity contribution in [2.45, 2.75) is 37.0 Å². The van der Waals surface area contributed by atoms with E-state index in [1.54, 1.807) is 32.0 Å². The molecule has 0 bridgehead atoms. The number of thioether (sulfide) groups is 1. The molecule has 6 nitrogen and oxygen atoms in total. The highest BCUT2D eigenvalue weighted by atomic mass is 32.2. The van der Waals surface area contributed by atoms with Crippen LogP contribution in [0.1, 0.15) is 31.1 Å². The molecule has 0 saturated heterocycles. The van der Waals surface area contributed by atoms with Crippen LogP contribution in [0, 0.1) is 5.92 Å². The quantitative estimate of drug-likeness (QED) is 0.787. The summed E-state index contributed by atoms with van der Waals surface area (Å²) in [5.74, 6) is -1.88. The van der Waals surface area contributed by atoms with Crippen molar-refractivity contribution in [2.75, 3.05) is 5.32 Å². The van der Waals surface area contributed by atoms with Crippen LogP contribution in [0.15, 0.2) is 23.1 Å². The van der Waals surface area contributed by atoms with E-state index in [4.69, 9.17) is 5.11 Å². The van der Waals surface area contributed by atoms with Crippen LogP contribution in [0.3, 0.4) is 0 Å². The van der Waals surface area contributed by atoms with Crippen LogP contribution in [0.25, 0.3) is 0 Å². The molecule has 1 aliphatic rings. The number of benzene rings is 1. The third kappa shape index (κ3) is 3.41. The molecule has 2 amide bonds. The molecular formula is C15H18N2O4S. The SMILES string of the molecule is CC1Sc2ccc(C(=O)N[C@H](C(=O)O)C(C)C)cc2NC1=O. The standard InChI is InChI=1S/C15H18N2O4S/c1-7(2)12(15(20)21)17-14(19)9-4-5-11-10(6-9)16-13(18)8(3)22-11/h4-8,12H,1-3H3,(H,16,18)(H,17,19)(H,20,21)/t8?,12-/m0/s1. The molecule has 1 unspecified atom stereocenters. The molecule has 0 saturated carbocycles. The molecule has 0 spiro atoms. The molecule has 3 N–H and O–H groups in total. The maximum Gasteiger partial charge on any atom is 0.326 e. The highest BCUT2D eigenvalue weighted by Gasteiger charge is 2.26. The molecule has 118 valence electrons. The van der Waals surface area contributed by atoms with E-state index in [0.717, 1.165) is 4.90 Å². The van der Waals surface area contributed by atoms with E-state index in [9.17, 15) is 14.4 Å². The van der Waals surface area contributed by atoms with Crippen molar-refractivity contribution in [2.24, 2.45) is 5.92 Å². The van der Waals surface area contributed by atoms with Crippen molar-refractivity contribution >= 4 is 35.2 Å². The molecule has 0 radical (unpaired) electrons. The van der Waals surface area contributed by atoms with Gasteiger partial charge in [-0.15, -0.1) is 11.8 Å². The van der Waals surface area contributed by atoms with Gasteiger partial charge in [0, 0.05) is 10.5 Å². The van der Waals surface area contributed by atoms with E-state index in [0.29, 0.717) is 11.3 Å². The van der Waals surface area contributed by atoms with E-state index in [1.807, 2.05) is 6.92 Å². The zero-order valence-corrected chi connectivity index (χ0v) is 13.4. The molecular weight excluding hydrogens is 304 g/mol. The smallest absolute Gasteiger partial charge is 0.326 e. The first-order valence-corrected chi connectivity index (χ1v) is 7.82. The zero-order chi connectivity index (χ0) is 16.4. The normalized spacial score (nSPS) is 18.4. The highest BCUT2D eigenvalue weighted by molar-refractivity contribution is 8.00. The Morgan fingerprint density at radius 3 is 2.64 bits per heavy atom. The Bertz CT molecular complexity index is 630. The van der Waals surface area contributed by atoms with E-state index >= 15 is 0 Å². The Balaban J connectivity index is 2.20. The molecule has 1 aromatic carbocycles. The lowest BCUT2D eigenvalue weighted by atomic mass is 10.0. The fourth-order valence-corrected chi connectivity index (χ4v) is 3.02. The van der Waals surface area contributed by atoms with Crippen molar-refractivity contribution in [3.05, 3.63) is 23.8 Å². The predicted octanol–water partition coefficient (Wildman–Crippen LogP) is 1.96. The average molecular weight is 322 g/mol. The van der Waals surface area contributed by atoms with Gasteiger partial charge in [0.2, 0.25) is 5.91 Å². The van der Waals surface area contributed by atoms with Crippen LogP contribution >= 0.6 is 11.8 Å². The fraction of sp³-hybridized carbons (Fsp3) is 0.400. The Kier molecular flexibility index (Phi) is 4.75. The Morgan fingerprint density at radius 1 is 1.36 bits per heavy atom. The van der Waals surface area contributed by atoms with Crippen molar-refractivity contribution < 1.29 is 19.5 Å². The van der Waals surface area contributed by atoms with Gasteiger partial charge in [0.15, 0.2) is 0 Å². The van der Waals surface area contributed by atoms with Gasteiger partial charge >= 0.3 is 5.97 Å². The second kappa shape index (κ2) is 6.39. The summed E-state index contributed by atoms with van der Waals surface area (Å²) in [7, 11) is 0. The van der Waals surface area contributed by atoms with E-state index in [2.05, 4.69) is 10.6 Å². The second-order valence-corrected chi connectivity index (χ2v) is 6.88. The number of carbonyl (C=O) groups is 3. The molecule has 1 heterocycles. The second-order valence-electron chi connectivity index (χ2n) is 5.49. The Labute approximate surface area is 132 Å². The summed E-state index contributed by atoms with van der Waals surface area (Å²) < 4.78 is 0. The monoisotopic (exact) mass is 322 g/mol. The van der Waals surface area contributed by atoms with Crippen LogP contribution in [0.2, 0.25) is 0 Å². The highest BCUT2D eigenvalue weighted by Crippen LogP contribution is 2.35. The van der Waals surface area contributed by atoms with Crippen molar-refractivity contribution in [3.63, 3.8) is 0 Å². The van der Waals surface area contributed by atoms with Gasteiger partial charge in [0.25, 0.3) is 5.91 Å². The van der Waals surface area contributed by atoms with Crippen LogP contribution in [-0.4, -0.2) is 34.2 Å². The summed E-state index contributed by atoms with van der Waals surface area (Å²) in [6.07, 6.45) is 0. The van der Waals surface area contributed by atoms with Gasteiger partial charge in [-0.05, 0) is 31.0 Å². The lowest BCUT2D eigenvalue weighted by Gasteiger charge is -2.22. The van der Waals surface area contributed by atoms with Crippen molar-refractivity contribution in [1.82, 2.24) is 5.32 Å². The summed E-state index contributed by atoms with van der Waals surface area (Å²) >= 11 is 1.43.